The zero-order valence-corrected chi connectivity index (χ0v) is 14.1. The number of hydrazone groups is 1. The van der Waals surface area contributed by atoms with Gasteiger partial charge in [0.2, 0.25) is 0 Å². The fourth-order valence-electron chi connectivity index (χ4n) is 2.63. The van der Waals surface area contributed by atoms with Crippen LogP contribution in [0.1, 0.15) is 18.0 Å². The van der Waals surface area contributed by atoms with Gasteiger partial charge in [0.25, 0.3) is 0 Å². The predicted molar refractivity (Wildman–Crippen MR) is 86.8 cm³/mol. The molecule has 5 nitrogen and oxygen atoms in total. The van der Waals surface area contributed by atoms with E-state index in [4.69, 9.17) is 5.26 Å². The maximum Gasteiger partial charge on any atom is 0.431 e. The van der Waals surface area contributed by atoms with Crippen LogP contribution >= 0.6 is 12.0 Å². The third kappa shape index (κ3) is 4.38. The van der Waals surface area contributed by atoms with Gasteiger partial charge in [-0.25, -0.2) is 14.0 Å². The molecule has 0 fully saturated rings. The molecule has 3 rings (SSSR count). The molecule has 1 atom stereocenters. The van der Waals surface area contributed by atoms with Crippen LogP contribution in [-0.4, -0.2) is 17.1 Å². The summed E-state index contributed by atoms with van der Waals surface area (Å²) in [7, 11) is 0. The topological polar surface area (TPSA) is 54.3 Å². The van der Waals surface area contributed by atoms with Crippen LogP contribution < -0.4 is 5.01 Å². The van der Waals surface area contributed by atoms with Crippen LogP contribution in [0.5, 0.6) is 0 Å². The number of hydrogen-bond acceptors (Lipinski definition) is 6. The monoisotopic (exact) mass is 406 g/mol. The first-order chi connectivity index (χ1) is 12.8. The number of hydrogen-bond donors (Lipinski definition) is 1. The Morgan fingerprint density at radius 2 is 1.81 bits per heavy atom. The molecule has 1 N–H and O–H groups in total. The Bertz CT molecular complexity index is 845. The first-order valence-corrected chi connectivity index (χ1v) is 8.17. The lowest BCUT2D eigenvalue weighted by atomic mass is 10.0. The van der Waals surface area contributed by atoms with Crippen LogP contribution in [0.2, 0.25) is 0 Å². The van der Waals surface area contributed by atoms with Gasteiger partial charge < -0.3 is 0 Å². The minimum atomic E-state index is -4.67. The molecule has 0 bridgehead atoms. The standard InChI is InChI=1S/C16H11F5N2O3S/c17-10-3-6-13(12(18)7-10)23-14(8-15(22-23)16(19,20)21)9-1-4-11(5-2-9)27-26-25-24/h1-7,14,24H,8H2/t14-/m1/s1. The van der Waals surface area contributed by atoms with Gasteiger partial charge >= 0.3 is 6.18 Å². The summed E-state index contributed by atoms with van der Waals surface area (Å²) in [5.74, 6) is -1.87. The SMILES string of the molecule is OOOSc1ccc([C@H]2CC(C(F)(F)F)=NN2c2ccc(F)cc2F)cc1. The molecule has 2 aromatic rings. The highest BCUT2D eigenvalue weighted by molar-refractivity contribution is 7.94. The van der Waals surface area contributed by atoms with E-state index in [-0.39, 0.29) is 5.69 Å². The second-order valence-corrected chi connectivity index (χ2v) is 6.27. The van der Waals surface area contributed by atoms with Crippen molar-refractivity contribution in [1.29, 1.82) is 0 Å². The zero-order chi connectivity index (χ0) is 19.6. The molecule has 1 aliphatic heterocycles. The Hall–Kier alpha value is -2.21. The molecule has 0 saturated carbocycles. The molecule has 11 heteroatoms. The summed E-state index contributed by atoms with van der Waals surface area (Å²) >= 11 is 0.682. The number of anilines is 1. The number of nitrogens with zero attached hydrogens (tertiary/aromatic N) is 2. The lowest BCUT2D eigenvalue weighted by Crippen LogP contribution is -2.21. The highest BCUT2D eigenvalue weighted by Crippen LogP contribution is 2.40. The molecule has 0 saturated heterocycles. The van der Waals surface area contributed by atoms with E-state index in [1.807, 2.05) is 0 Å². The molecule has 27 heavy (non-hydrogen) atoms. The smallest absolute Gasteiger partial charge is 0.254 e. The van der Waals surface area contributed by atoms with Crippen molar-refractivity contribution in [3.8, 4) is 0 Å². The Labute approximate surface area is 154 Å². The third-order valence-electron chi connectivity index (χ3n) is 3.82. The van der Waals surface area contributed by atoms with Crippen LogP contribution in [-0.2, 0) is 9.37 Å². The molecule has 0 amide bonds. The van der Waals surface area contributed by atoms with Crippen molar-refractivity contribution < 1.29 is 36.6 Å². The Morgan fingerprint density at radius 3 is 2.41 bits per heavy atom. The molecular formula is C16H11F5N2O3S. The van der Waals surface area contributed by atoms with Gasteiger partial charge in [-0.15, -0.1) is 4.33 Å². The van der Waals surface area contributed by atoms with E-state index >= 15 is 0 Å². The van der Waals surface area contributed by atoms with Crippen molar-refractivity contribution >= 4 is 23.4 Å². The highest BCUT2D eigenvalue weighted by Gasteiger charge is 2.44. The Morgan fingerprint density at radius 1 is 1.11 bits per heavy atom. The molecule has 1 aliphatic rings. The average Bonchev–Trinajstić information content (AvgIpc) is 3.06. The largest absolute Gasteiger partial charge is 0.431 e. The molecule has 144 valence electrons. The lowest BCUT2D eigenvalue weighted by molar-refractivity contribution is -0.432. The van der Waals surface area contributed by atoms with Gasteiger partial charge in [0, 0.05) is 17.4 Å². The summed E-state index contributed by atoms with van der Waals surface area (Å²) in [5.41, 5.74) is -0.904. The van der Waals surface area contributed by atoms with Crippen LogP contribution in [0.4, 0.5) is 27.6 Å². The molecule has 2 aromatic carbocycles. The zero-order valence-electron chi connectivity index (χ0n) is 13.3. The van der Waals surface area contributed by atoms with Gasteiger partial charge in [0.15, 0.2) is 5.82 Å². The summed E-state index contributed by atoms with van der Waals surface area (Å²) in [6.07, 6.45) is -5.17. The number of halogens is 5. The van der Waals surface area contributed by atoms with Crippen molar-refractivity contribution in [1.82, 2.24) is 0 Å². The highest BCUT2D eigenvalue weighted by atomic mass is 32.2. The van der Waals surface area contributed by atoms with E-state index < -0.39 is 36.0 Å². The molecule has 0 spiro atoms. The summed E-state index contributed by atoms with van der Waals surface area (Å²) in [5, 5.41) is 16.0. The Balaban J connectivity index is 1.95. The summed E-state index contributed by atoms with van der Waals surface area (Å²) < 4.78 is 71.0. The van der Waals surface area contributed by atoms with E-state index in [0.717, 1.165) is 17.1 Å². The van der Waals surface area contributed by atoms with Gasteiger partial charge in [0.1, 0.15) is 11.5 Å². The quantitative estimate of drug-likeness (QED) is 0.318. The number of alkyl halides is 3. The van der Waals surface area contributed by atoms with E-state index in [2.05, 4.69) is 14.5 Å². The molecular weight excluding hydrogens is 395 g/mol. The number of benzene rings is 2. The van der Waals surface area contributed by atoms with Crippen molar-refractivity contribution in [3.05, 3.63) is 59.7 Å². The Kier molecular flexibility index (Phi) is 5.65. The van der Waals surface area contributed by atoms with Gasteiger partial charge in [0.05, 0.1) is 23.8 Å². The second kappa shape index (κ2) is 7.80. The van der Waals surface area contributed by atoms with Crippen LogP contribution in [0.25, 0.3) is 0 Å². The fraction of sp³-hybridized carbons (Fsp3) is 0.188. The van der Waals surface area contributed by atoms with Crippen molar-refractivity contribution in [3.63, 3.8) is 0 Å². The first-order valence-electron chi connectivity index (χ1n) is 7.43. The maximum atomic E-state index is 14.1. The van der Waals surface area contributed by atoms with Gasteiger partial charge in [-0.05, 0) is 29.8 Å². The van der Waals surface area contributed by atoms with Crippen LogP contribution in [0, 0.1) is 11.6 Å². The summed E-state index contributed by atoms with van der Waals surface area (Å²) in [6, 6.07) is 7.69. The lowest BCUT2D eigenvalue weighted by Gasteiger charge is -2.24. The second-order valence-electron chi connectivity index (χ2n) is 5.50. The summed E-state index contributed by atoms with van der Waals surface area (Å²) in [6.45, 7) is 0. The van der Waals surface area contributed by atoms with Crippen LogP contribution in [0.3, 0.4) is 0 Å². The molecule has 0 aliphatic carbocycles. The maximum absolute atomic E-state index is 14.1. The first kappa shape index (κ1) is 19.5. The van der Waals surface area contributed by atoms with Gasteiger partial charge in [-0.3, -0.25) is 5.01 Å². The molecule has 0 aromatic heterocycles. The fourth-order valence-corrected chi connectivity index (χ4v) is 2.99. The van der Waals surface area contributed by atoms with Crippen LogP contribution in [0.15, 0.2) is 52.5 Å². The number of rotatable bonds is 5. The average molecular weight is 406 g/mol. The van der Waals surface area contributed by atoms with E-state index in [9.17, 15) is 22.0 Å². The van der Waals surface area contributed by atoms with E-state index in [0.29, 0.717) is 28.6 Å². The van der Waals surface area contributed by atoms with Gasteiger partial charge in [-0.2, -0.15) is 18.3 Å². The van der Waals surface area contributed by atoms with Gasteiger partial charge in [-0.1, -0.05) is 17.2 Å². The summed E-state index contributed by atoms with van der Waals surface area (Å²) in [4.78, 5) is 0.502. The predicted octanol–water partition coefficient (Wildman–Crippen LogP) is 5.26. The molecule has 0 radical (unpaired) electrons. The van der Waals surface area contributed by atoms with Crippen molar-refractivity contribution in [2.45, 2.75) is 23.5 Å². The minimum Gasteiger partial charge on any atom is -0.254 e. The molecule has 0 unspecified atom stereocenters. The van der Waals surface area contributed by atoms with E-state index in [1.165, 1.54) is 24.3 Å². The van der Waals surface area contributed by atoms with E-state index in [1.54, 1.807) is 0 Å². The molecule has 1 heterocycles. The van der Waals surface area contributed by atoms with Crippen molar-refractivity contribution in [2.24, 2.45) is 5.10 Å². The third-order valence-corrected chi connectivity index (χ3v) is 4.41. The van der Waals surface area contributed by atoms with Crippen molar-refractivity contribution in [2.75, 3.05) is 5.01 Å². The minimum absolute atomic E-state index is 0.267. The normalized spacial score (nSPS) is 17.3.